The van der Waals surface area contributed by atoms with Gasteiger partial charge in [0.05, 0.1) is 13.1 Å². The number of nitrogens with two attached hydrogens (primary N) is 2. The Morgan fingerprint density at radius 2 is 1.70 bits per heavy atom. The van der Waals surface area contributed by atoms with Gasteiger partial charge in [-0.3, -0.25) is 4.79 Å². The highest BCUT2D eigenvalue weighted by Crippen LogP contribution is 2.39. The number of aryl methyl sites for hydroxylation is 2. The van der Waals surface area contributed by atoms with Gasteiger partial charge in [-0.05, 0) is 71.1 Å². The van der Waals surface area contributed by atoms with Crippen LogP contribution in [0.4, 0.5) is 16.4 Å². The highest BCUT2D eigenvalue weighted by molar-refractivity contribution is 6.31. The average Bonchev–Trinajstić information content (AvgIpc) is 3.32. The SMILES string of the molecule is CC[n+]1c(CNC(=O)c2nc(Cl)c(N)nc2N)n(CC2(CCc3ccccc3)CCN(C(=O)OC(C)(C)C)CC2)c2ccccc21. The minimum absolute atomic E-state index is 0.0295. The zero-order chi connectivity index (χ0) is 33.1. The molecule has 5 rings (SSSR count). The van der Waals surface area contributed by atoms with E-state index in [1.54, 1.807) is 0 Å². The second kappa shape index (κ2) is 13.5. The molecule has 0 bridgehead atoms. The van der Waals surface area contributed by atoms with Gasteiger partial charge in [0, 0.05) is 18.5 Å². The molecule has 1 saturated heterocycles. The fourth-order valence-electron chi connectivity index (χ4n) is 6.28. The molecule has 11 nitrogen and oxygen atoms in total. The van der Waals surface area contributed by atoms with E-state index in [0.29, 0.717) is 19.6 Å². The zero-order valence-electron chi connectivity index (χ0n) is 27.1. The first kappa shape index (κ1) is 33.0. The minimum atomic E-state index is -0.552. The van der Waals surface area contributed by atoms with E-state index in [9.17, 15) is 9.59 Å². The molecule has 12 heteroatoms. The summed E-state index contributed by atoms with van der Waals surface area (Å²) in [5.74, 6) is 0.340. The Balaban J connectivity index is 1.47. The van der Waals surface area contributed by atoms with Crippen molar-refractivity contribution in [3.8, 4) is 0 Å². The van der Waals surface area contributed by atoms with Crippen LogP contribution in [0.2, 0.25) is 5.15 Å². The number of rotatable bonds is 9. The van der Waals surface area contributed by atoms with Crippen LogP contribution in [0.3, 0.4) is 0 Å². The highest BCUT2D eigenvalue weighted by Gasteiger charge is 2.41. The Morgan fingerprint density at radius 3 is 2.37 bits per heavy atom. The standard InChI is InChI=1S/C34H43ClN8O3/c1-5-42-24-13-9-10-14-25(24)43(26(42)21-38-31(44)27-29(36)40-30(37)28(35)39-27)22-34(16-15-23-11-7-6-8-12-23)17-19-41(20-18-34)32(45)46-33(2,3)4/h6-14H,5,15-22H2,1-4H3,(H4-,36,37,38,40,44)/p+1. The number of halogens is 1. The summed E-state index contributed by atoms with van der Waals surface area (Å²) in [5.41, 5.74) is 14.4. The van der Waals surface area contributed by atoms with E-state index in [-0.39, 0.29) is 40.5 Å². The van der Waals surface area contributed by atoms with E-state index in [1.165, 1.54) is 5.56 Å². The third kappa shape index (κ3) is 7.36. The van der Waals surface area contributed by atoms with Crippen molar-refractivity contribution in [3.63, 3.8) is 0 Å². The number of amides is 2. The molecule has 2 amide bonds. The van der Waals surface area contributed by atoms with Crippen LogP contribution in [0.15, 0.2) is 54.6 Å². The lowest BCUT2D eigenvalue weighted by molar-refractivity contribution is -0.676. The molecule has 46 heavy (non-hydrogen) atoms. The predicted molar refractivity (Wildman–Crippen MR) is 179 cm³/mol. The van der Waals surface area contributed by atoms with E-state index >= 15 is 0 Å². The van der Waals surface area contributed by atoms with Crippen molar-refractivity contribution in [2.75, 3.05) is 24.6 Å². The van der Waals surface area contributed by atoms with Crippen molar-refractivity contribution in [2.24, 2.45) is 5.41 Å². The summed E-state index contributed by atoms with van der Waals surface area (Å²) in [6, 6.07) is 18.8. The molecule has 3 heterocycles. The summed E-state index contributed by atoms with van der Waals surface area (Å²) in [6.07, 6.45) is 3.23. The quantitative estimate of drug-likeness (QED) is 0.213. The molecule has 5 N–H and O–H groups in total. The molecular weight excluding hydrogens is 604 g/mol. The van der Waals surface area contributed by atoms with Gasteiger partial charge in [-0.1, -0.05) is 54.1 Å². The molecular formula is C34H44ClN8O3+. The molecule has 0 spiro atoms. The number of anilines is 2. The number of ether oxygens (including phenoxy) is 1. The van der Waals surface area contributed by atoms with Crippen LogP contribution in [0.25, 0.3) is 11.0 Å². The summed E-state index contributed by atoms with van der Waals surface area (Å²) in [5, 5.41) is 2.92. The number of aromatic nitrogens is 4. The number of hydrogen-bond acceptors (Lipinski definition) is 7. The summed E-state index contributed by atoms with van der Waals surface area (Å²) in [7, 11) is 0. The smallest absolute Gasteiger partial charge is 0.410 e. The Morgan fingerprint density at radius 1 is 1.02 bits per heavy atom. The number of para-hydroxylation sites is 2. The van der Waals surface area contributed by atoms with Gasteiger partial charge in [-0.15, -0.1) is 0 Å². The first-order chi connectivity index (χ1) is 21.9. The van der Waals surface area contributed by atoms with Crippen LogP contribution in [0, 0.1) is 5.41 Å². The first-order valence-electron chi connectivity index (χ1n) is 15.8. The van der Waals surface area contributed by atoms with Crippen molar-refractivity contribution in [1.82, 2.24) is 24.8 Å². The molecule has 0 aliphatic carbocycles. The number of nitrogen functional groups attached to an aromatic ring is 2. The number of nitrogens with one attached hydrogen (secondary N) is 1. The van der Waals surface area contributed by atoms with E-state index < -0.39 is 11.5 Å². The Hall–Kier alpha value is -4.38. The number of imidazole rings is 1. The van der Waals surface area contributed by atoms with Gasteiger partial charge < -0.3 is 26.4 Å². The number of fused-ring (bicyclic) bond motifs is 1. The molecule has 2 aromatic heterocycles. The van der Waals surface area contributed by atoms with Crippen LogP contribution >= 0.6 is 11.6 Å². The topological polar surface area (TPSA) is 145 Å². The fraction of sp³-hybridized carbons (Fsp3) is 0.441. The molecule has 2 aromatic carbocycles. The maximum absolute atomic E-state index is 13.3. The van der Waals surface area contributed by atoms with Gasteiger partial charge in [-0.2, -0.15) is 0 Å². The zero-order valence-corrected chi connectivity index (χ0v) is 27.8. The van der Waals surface area contributed by atoms with Gasteiger partial charge in [-0.25, -0.2) is 23.9 Å². The third-order valence-corrected chi connectivity index (χ3v) is 8.96. The highest BCUT2D eigenvalue weighted by atomic mass is 35.5. The number of carbonyl (C=O) groups excluding carboxylic acids is 2. The van der Waals surface area contributed by atoms with Crippen LogP contribution in [0.1, 0.15) is 68.8 Å². The van der Waals surface area contributed by atoms with Crippen molar-refractivity contribution in [1.29, 1.82) is 0 Å². The molecule has 1 aliphatic rings. The van der Waals surface area contributed by atoms with Crippen molar-refractivity contribution in [3.05, 3.63) is 76.8 Å². The average molecular weight is 648 g/mol. The van der Waals surface area contributed by atoms with Crippen LogP contribution in [-0.4, -0.2) is 50.1 Å². The minimum Gasteiger partial charge on any atom is -0.444 e. The van der Waals surface area contributed by atoms with Gasteiger partial charge >= 0.3 is 6.09 Å². The molecule has 0 radical (unpaired) electrons. The number of hydrogen-bond donors (Lipinski definition) is 3. The van der Waals surface area contributed by atoms with E-state index in [0.717, 1.165) is 49.1 Å². The molecule has 244 valence electrons. The third-order valence-electron chi connectivity index (χ3n) is 8.69. The second-order valence-electron chi connectivity index (χ2n) is 13.0. The summed E-state index contributed by atoms with van der Waals surface area (Å²) < 4.78 is 10.3. The normalized spacial score (nSPS) is 14.8. The predicted octanol–water partition coefficient (Wildman–Crippen LogP) is 5.14. The fourth-order valence-corrected chi connectivity index (χ4v) is 6.41. The molecule has 1 fully saturated rings. The maximum Gasteiger partial charge on any atom is 0.410 e. The number of benzene rings is 2. The van der Waals surface area contributed by atoms with Gasteiger partial charge in [0.25, 0.3) is 11.7 Å². The van der Waals surface area contributed by atoms with E-state index in [2.05, 4.69) is 67.7 Å². The Bertz CT molecular complexity index is 1710. The van der Waals surface area contributed by atoms with Crippen LogP contribution in [0.5, 0.6) is 0 Å². The lowest BCUT2D eigenvalue weighted by atomic mass is 9.74. The molecule has 4 aromatic rings. The van der Waals surface area contributed by atoms with Gasteiger partial charge in [0.2, 0.25) is 0 Å². The van der Waals surface area contributed by atoms with Gasteiger partial charge in [0.1, 0.15) is 12.1 Å². The molecule has 0 atom stereocenters. The first-order valence-corrected chi connectivity index (χ1v) is 16.2. The van der Waals surface area contributed by atoms with Crippen molar-refractivity contribution < 1.29 is 18.9 Å². The molecule has 0 saturated carbocycles. The summed E-state index contributed by atoms with van der Waals surface area (Å²) in [6.45, 7) is 10.6. The number of nitrogens with zero attached hydrogens (tertiary/aromatic N) is 5. The number of piperidine rings is 1. The lowest BCUT2D eigenvalue weighted by Gasteiger charge is -2.41. The van der Waals surface area contributed by atoms with Crippen molar-refractivity contribution in [2.45, 2.75) is 78.6 Å². The van der Waals surface area contributed by atoms with E-state index in [4.69, 9.17) is 27.8 Å². The van der Waals surface area contributed by atoms with Crippen LogP contribution in [-0.2, 0) is 30.8 Å². The number of carbonyl (C=O) groups is 2. The summed E-state index contributed by atoms with van der Waals surface area (Å²) >= 11 is 6.06. The largest absolute Gasteiger partial charge is 0.444 e. The Kier molecular flexibility index (Phi) is 9.71. The lowest BCUT2D eigenvalue weighted by Crippen LogP contribution is -2.47. The Labute approximate surface area is 274 Å². The molecule has 1 aliphatic heterocycles. The number of likely N-dealkylation sites (tertiary alicyclic amines) is 1. The maximum atomic E-state index is 13.3. The molecule has 0 unspecified atom stereocenters. The summed E-state index contributed by atoms with van der Waals surface area (Å²) in [4.78, 5) is 36.1. The second-order valence-corrected chi connectivity index (χ2v) is 13.4. The van der Waals surface area contributed by atoms with Gasteiger partial charge in [0.15, 0.2) is 33.5 Å². The van der Waals surface area contributed by atoms with Crippen molar-refractivity contribution >= 4 is 46.3 Å². The van der Waals surface area contributed by atoms with Crippen LogP contribution < -0.4 is 21.4 Å². The monoisotopic (exact) mass is 647 g/mol. The van der Waals surface area contributed by atoms with E-state index in [1.807, 2.05) is 43.9 Å².